The van der Waals surface area contributed by atoms with E-state index in [0.29, 0.717) is 0 Å². The van der Waals surface area contributed by atoms with Gasteiger partial charge in [0, 0.05) is 11.8 Å². The highest BCUT2D eigenvalue weighted by Gasteiger charge is 2.03. The summed E-state index contributed by atoms with van der Waals surface area (Å²) in [6.45, 7) is 1.84. The van der Waals surface area contributed by atoms with E-state index < -0.39 is 11.6 Å². The van der Waals surface area contributed by atoms with E-state index in [4.69, 9.17) is 4.84 Å². The minimum Gasteiger partial charge on any atom is -0.391 e. The van der Waals surface area contributed by atoms with Crippen LogP contribution in [0.15, 0.2) is 23.4 Å². The minimum atomic E-state index is -0.488. The average Bonchev–Trinajstić information content (AvgIpc) is 2.18. The first-order valence-electron chi connectivity index (χ1n) is 4.31. The molecule has 1 aromatic carbocycles. The number of nitrogens with zero attached hydrogens (tertiary/aromatic N) is 1. The minimum absolute atomic E-state index is 0.0555. The van der Waals surface area contributed by atoms with Gasteiger partial charge in [0.2, 0.25) is 0 Å². The number of halogens is 2. The van der Waals surface area contributed by atoms with Crippen molar-refractivity contribution in [2.75, 3.05) is 0 Å². The Hall–Kier alpha value is -1.45. The number of hydrogen-bond acceptors (Lipinski definition) is 2. The van der Waals surface area contributed by atoms with Crippen LogP contribution in [0.1, 0.15) is 18.9 Å². The van der Waals surface area contributed by atoms with E-state index in [1.807, 2.05) is 6.92 Å². The lowest BCUT2D eigenvalue weighted by atomic mass is 10.2. The van der Waals surface area contributed by atoms with Crippen molar-refractivity contribution in [2.45, 2.75) is 20.0 Å². The van der Waals surface area contributed by atoms with Gasteiger partial charge in [0.1, 0.15) is 18.2 Å². The van der Waals surface area contributed by atoms with Gasteiger partial charge in [-0.25, -0.2) is 8.78 Å². The van der Waals surface area contributed by atoms with Gasteiger partial charge < -0.3 is 4.84 Å². The van der Waals surface area contributed by atoms with Gasteiger partial charge in [-0.05, 0) is 24.6 Å². The van der Waals surface area contributed by atoms with Gasteiger partial charge >= 0.3 is 0 Å². The highest BCUT2D eigenvalue weighted by molar-refractivity contribution is 5.55. The molecule has 0 spiro atoms. The first-order chi connectivity index (χ1) is 6.74. The molecule has 0 unspecified atom stereocenters. The Morgan fingerprint density at radius 2 is 2.21 bits per heavy atom. The molecular formula is C10H11F2NO. The van der Waals surface area contributed by atoms with E-state index in [2.05, 4.69) is 5.16 Å². The van der Waals surface area contributed by atoms with Crippen LogP contribution < -0.4 is 0 Å². The van der Waals surface area contributed by atoms with Crippen molar-refractivity contribution in [1.82, 2.24) is 0 Å². The molecule has 0 heterocycles. The predicted molar refractivity (Wildman–Crippen MR) is 49.9 cm³/mol. The van der Waals surface area contributed by atoms with Crippen LogP contribution in [0.2, 0.25) is 0 Å². The Labute approximate surface area is 81.2 Å². The summed E-state index contributed by atoms with van der Waals surface area (Å²) in [6.07, 6.45) is 2.29. The van der Waals surface area contributed by atoms with Gasteiger partial charge in [-0.15, -0.1) is 0 Å². The monoisotopic (exact) mass is 199 g/mol. The molecule has 0 fully saturated rings. The zero-order valence-corrected chi connectivity index (χ0v) is 7.84. The molecule has 0 aliphatic heterocycles. The molecule has 0 saturated carbocycles. The molecule has 0 bridgehead atoms. The van der Waals surface area contributed by atoms with Gasteiger partial charge in [-0.1, -0.05) is 12.1 Å². The molecule has 1 rings (SSSR count). The number of hydrogen-bond donors (Lipinski definition) is 0. The van der Waals surface area contributed by atoms with E-state index in [9.17, 15) is 8.78 Å². The van der Waals surface area contributed by atoms with Crippen LogP contribution in [0.4, 0.5) is 8.78 Å². The highest BCUT2D eigenvalue weighted by atomic mass is 19.1. The Bertz CT molecular complexity index is 326. The number of rotatable bonds is 4. The fourth-order valence-corrected chi connectivity index (χ4v) is 0.888. The molecule has 0 aliphatic carbocycles. The molecular weight excluding hydrogens is 188 g/mol. The largest absolute Gasteiger partial charge is 0.391 e. The Morgan fingerprint density at radius 3 is 2.93 bits per heavy atom. The zero-order valence-electron chi connectivity index (χ0n) is 7.84. The van der Waals surface area contributed by atoms with Crippen molar-refractivity contribution < 1.29 is 13.6 Å². The summed E-state index contributed by atoms with van der Waals surface area (Å²) < 4.78 is 25.6. The third kappa shape index (κ3) is 3.12. The molecule has 1 aromatic rings. The fourth-order valence-electron chi connectivity index (χ4n) is 0.888. The molecule has 2 nitrogen and oxygen atoms in total. The molecule has 0 radical (unpaired) electrons. The number of benzene rings is 1. The van der Waals surface area contributed by atoms with Crippen molar-refractivity contribution in [3.05, 3.63) is 35.4 Å². The maximum Gasteiger partial charge on any atom is 0.145 e. The standard InChI is InChI=1S/C10H11F2NO/c1-2-5-13-14-7-8-6-9(11)3-4-10(8)12/h3-6H,2,7H2,1H3. The SMILES string of the molecule is CCC=NOCc1cc(F)ccc1F. The number of oxime groups is 1. The van der Waals surface area contributed by atoms with Crippen LogP contribution in [0.25, 0.3) is 0 Å². The fraction of sp³-hybridized carbons (Fsp3) is 0.300. The van der Waals surface area contributed by atoms with Crippen LogP contribution in [0.5, 0.6) is 0 Å². The zero-order chi connectivity index (χ0) is 10.4. The molecule has 0 atom stereocenters. The third-order valence-corrected chi connectivity index (χ3v) is 1.56. The third-order valence-electron chi connectivity index (χ3n) is 1.56. The van der Waals surface area contributed by atoms with Gasteiger partial charge in [-0.3, -0.25) is 0 Å². The summed E-state index contributed by atoms with van der Waals surface area (Å²) in [4.78, 5) is 4.76. The van der Waals surface area contributed by atoms with Crippen LogP contribution in [-0.2, 0) is 11.4 Å². The van der Waals surface area contributed by atoms with Gasteiger partial charge in [0.25, 0.3) is 0 Å². The summed E-state index contributed by atoms with van der Waals surface area (Å²) in [5, 5.41) is 3.54. The van der Waals surface area contributed by atoms with E-state index in [1.165, 1.54) is 0 Å². The van der Waals surface area contributed by atoms with E-state index >= 15 is 0 Å². The first-order valence-corrected chi connectivity index (χ1v) is 4.31. The quantitative estimate of drug-likeness (QED) is 0.539. The lowest BCUT2D eigenvalue weighted by molar-refractivity contribution is 0.128. The Morgan fingerprint density at radius 1 is 1.43 bits per heavy atom. The first kappa shape index (κ1) is 10.6. The molecule has 76 valence electrons. The van der Waals surface area contributed by atoms with E-state index in [-0.39, 0.29) is 12.2 Å². The summed E-state index contributed by atoms with van der Waals surface area (Å²) in [5.41, 5.74) is 0.165. The summed E-state index contributed by atoms with van der Waals surface area (Å²) in [5.74, 6) is -0.970. The van der Waals surface area contributed by atoms with Gasteiger partial charge in [0.05, 0.1) is 0 Å². The smallest absolute Gasteiger partial charge is 0.145 e. The highest BCUT2D eigenvalue weighted by Crippen LogP contribution is 2.10. The molecule has 14 heavy (non-hydrogen) atoms. The van der Waals surface area contributed by atoms with E-state index in [1.54, 1.807) is 6.21 Å². The van der Waals surface area contributed by atoms with Gasteiger partial charge in [0.15, 0.2) is 0 Å². The topological polar surface area (TPSA) is 21.6 Å². The second-order valence-corrected chi connectivity index (χ2v) is 2.71. The van der Waals surface area contributed by atoms with Crippen molar-refractivity contribution in [3.8, 4) is 0 Å². The molecule has 0 amide bonds. The Balaban J connectivity index is 2.57. The maximum atomic E-state index is 13.0. The maximum absolute atomic E-state index is 13.0. The van der Waals surface area contributed by atoms with Crippen LogP contribution in [-0.4, -0.2) is 6.21 Å². The summed E-state index contributed by atoms with van der Waals surface area (Å²) in [6, 6.07) is 3.22. The van der Waals surface area contributed by atoms with Crippen LogP contribution >= 0.6 is 0 Å². The second kappa shape index (κ2) is 5.32. The molecule has 0 saturated heterocycles. The Kier molecular flexibility index (Phi) is 4.04. The molecule has 0 aromatic heterocycles. The second-order valence-electron chi connectivity index (χ2n) is 2.71. The van der Waals surface area contributed by atoms with Crippen LogP contribution in [0, 0.1) is 11.6 Å². The summed E-state index contributed by atoms with van der Waals surface area (Å²) in [7, 11) is 0. The van der Waals surface area contributed by atoms with E-state index in [0.717, 1.165) is 24.6 Å². The van der Waals surface area contributed by atoms with Crippen molar-refractivity contribution >= 4 is 6.21 Å². The van der Waals surface area contributed by atoms with Crippen LogP contribution in [0.3, 0.4) is 0 Å². The van der Waals surface area contributed by atoms with Crippen molar-refractivity contribution in [1.29, 1.82) is 0 Å². The average molecular weight is 199 g/mol. The predicted octanol–water partition coefficient (Wildman–Crippen LogP) is 2.88. The van der Waals surface area contributed by atoms with Gasteiger partial charge in [-0.2, -0.15) is 0 Å². The lowest BCUT2D eigenvalue weighted by Crippen LogP contribution is -1.93. The lowest BCUT2D eigenvalue weighted by Gasteiger charge is -2.01. The molecule has 0 N–H and O–H groups in total. The normalized spacial score (nSPS) is 10.8. The summed E-state index contributed by atoms with van der Waals surface area (Å²) >= 11 is 0. The van der Waals surface area contributed by atoms with Crippen molar-refractivity contribution in [3.63, 3.8) is 0 Å². The molecule has 0 aliphatic rings. The van der Waals surface area contributed by atoms with Crippen molar-refractivity contribution in [2.24, 2.45) is 5.16 Å². The molecule has 4 heteroatoms.